The van der Waals surface area contributed by atoms with Crippen molar-refractivity contribution in [3.63, 3.8) is 0 Å². The molecule has 5 heterocycles. The van der Waals surface area contributed by atoms with E-state index in [4.69, 9.17) is 66.3 Å². The molecule has 3 fully saturated rings. The number of ether oxygens (including phenoxy) is 14. The smallest absolute Gasteiger partial charge is 0.328 e. The van der Waals surface area contributed by atoms with E-state index >= 15 is 8.78 Å². The summed E-state index contributed by atoms with van der Waals surface area (Å²) in [5.41, 5.74) is 4.39. The minimum absolute atomic E-state index is 0.0258. The first kappa shape index (κ1) is 90.8. The highest BCUT2D eigenvalue weighted by Crippen LogP contribution is 2.43. The lowest BCUT2D eigenvalue weighted by Gasteiger charge is -2.47. The zero-order valence-electron chi connectivity index (χ0n) is 67.2. The molecule has 0 atom stereocenters. The number of aromatic nitrogens is 3. The summed E-state index contributed by atoms with van der Waals surface area (Å²) in [6, 6.07) is 21.1. The number of hydrogen-bond acceptors (Lipinski definition) is 24. The fourth-order valence-corrected chi connectivity index (χ4v) is 13.3. The number of amides is 7. The molecule has 3 aliphatic heterocycles. The van der Waals surface area contributed by atoms with Crippen LogP contribution in [0.5, 0.6) is 5.75 Å². The lowest BCUT2D eigenvalue weighted by atomic mass is 9.71. The van der Waals surface area contributed by atoms with Gasteiger partial charge < -0.3 is 97.1 Å². The van der Waals surface area contributed by atoms with E-state index in [1.165, 1.54) is 49.0 Å². The number of H-pyrrole nitrogens is 1. The van der Waals surface area contributed by atoms with Crippen molar-refractivity contribution in [3.8, 4) is 28.3 Å². The number of likely N-dealkylation sites (tertiary alicyclic amines) is 2. The third-order valence-electron chi connectivity index (χ3n) is 20.0. The third kappa shape index (κ3) is 29.8. The van der Waals surface area contributed by atoms with Gasteiger partial charge in [0.1, 0.15) is 41.5 Å². The summed E-state index contributed by atoms with van der Waals surface area (Å²) >= 11 is 0. The van der Waals surface area contributed by atoms with E-state index in [9.17, 15) is 33.6 Å². The number of hydrogen-bond donors (Lipinski definition) is 5. The number of benzene rings is 4. The molecule has 634 valence electrons. The first-order valence-electron chi connectivity index (χ1n) is 39.6. The van der Waals surface area contributed by atoms with Crippen molar-refractivity contribution in [2.75, 3.05) is 228 Å². The average molecular weight is 1620 g/mol. The van der Waals surface area contributed by atoms with Crippen LogP contribution in [0.4, 0.5) is 25.0 Å². The highest BCUT2D eigenvalue weighted by Gasteiger charge is 2.39. The molecule has 5 N–H and O–H groups in total. The van der Waals surface area contributed by atoms with Crippen molar-refractivity contribution in [2.24, 2.45) is 5.41 Å². The molecule has 6 aromatic rings. The summed E-state index contributed by atoms with van der Waals surface area (Å²) < 4.78 is 109. The number of piperidine rings is 2. The van der Waals surface area contributed by atoms with Gasteiger partial charge in [-0.3, -0.25) is 39.0 Å². The minimum Gasteiger partial charge on any atom is -0.495 e. The van der Waals surface area contributed by atoms with Gasteiger partial charge >= 0.3 is 12.0 Å². The van der Waals surface area contributed by atoms with Gasteiger partial charge in [0, 0.05) is 80.4 Å². The van der Waals surface area contributed by atoms with Crippen LogP contribution in [0.2, 0.25) is 0 Å². The van der Waals surface area contributed by atoms with Crippen molar-refractivity contribution >= 4 is 63.9 Å². The van der Waals surface area contributed by atoms with Crippen LogP contribution in [-0.2, 0) is 92.8 Å². The van der Waals surface area contributed by atoms with E-state index in [-0.39, 0.29) is 79.2 Å². The number of urea groups is 1. The molecule has 33 heteroatoms. The van der Waals surface area contributed by atoms with Crippen molar-refractivity contribution in [2.45, 2.75) is 78.2 Å². The molecule has 0 aliphatic carbocycles. The Bertz CT molecular complexity index is 4100. The summed E-state index contributed by atoms with van der Waals surface area (Å²) in [4.78, 5) is 107. The Morgan fingerprint density at radius 2 is 1.15 bits per heavy atom. The van der Waals surface area contributed by atoms with Crippen LogP contribution < -0.4 is 30.9 Å². The lowest BCUT2D eigenvalue weighted by Crippen LogP contribution is -2.50. The molecule has 2 aromatic heterocycles. The number of rotatable bonds is 53. The maximum Gasteiger partial charge on any atom is 0.328 e. The summed E-state index contributed by atoms with van der Waals surface area (Å²) in [6.07, 6.45) is 6.33. The van der Waals surface area contributed by atoms with Crippen LogP contribution in [0.15, 0.2) is 85.2 Å². The highest BCUT2D eigenvalue weighted by atomic mass is 19.1. The van der Waals surface area contributed by atoms with Crippen LogP contribution in [0.3, 0.4) is 0 Å². The molecule has 0 unspecified atom stereocenters. The molecule has 0 bridgehead atoms. The zero-order valence-corrected chi connectivity index (χ0v) is 67.2. The van der Waals surface area contributed by atoms with Gasteiger partial charge in [-0.1, -0.05) is 30.3 Å². The summed E-state index contributed by atoms with van der Waals surface area (Å²) in [7, 11) is 1.51. The van der Waals surface area contributed by atoms with Gasteiger partial charge in [-0.25, -0.2) is 23.5 Å². The van der Waals surface area contributed by atoms with Crippen molar-refractivity contribution in [1.29, 1.82) is 0 Å². The normalized spacial score (nSPS) is 14.5. The van der Waals surface area contributed by atoms with Gasteiger partial charge in [-0.2, -0.15) is 0 Å². The number of anilines is 2. The number of carbonyl (C=O) groups excluding carboxylic acids is 7. The molecule has 1 spiro atoms. The average Bonchev–Trinajstić information content (AvgIpc) is 1.69. The first-order chi connectivity index (χ1) is 56.3. The Balaban J connectivity index is 0.574. The van der Waals surface area contributed by atoms with Crippen molar-refractivity contribution in [1.82, 2.24) is 40.7 Å². The van der Waals surface area contributed by atoms with Gasteiger partial charge in [0.15, 0.2) is 0 Å². The molecular weight excluding hydrogens is 1510 g/mol. The summed E-state index contributed by atoms with van der Waals surface area (Å²) in [5.74, 6) is -3.72. The predicted octanol–water partition coefficient (Wildman–Crippen LogP) is 7.77. The van der Waals surface area contributed by atoms with E-state index < -0.39 is 47.6 Å². The van der Waals surface area contributed by atoms with Crippen LogP contribution in [-0.4, -0.2) is 284 Å². The van der Waals surface area contributed by atoms with Gasteiger partial charge in [0.25, 0.3) is 11.8 Å². The van der Waals surface area contributed by atoms with Crippen molar-refractivity contribution in [3.05, 3.63) is 125 Å². The first-order valence-corrected chi connectivity index (χ1v) is 39.6. The number of halogens is 2. The molecule has 9 rings (SSSR count). The van der Waals surface area contributed by atoms with E-state index in [1.54, 1.807) is 39.0 Å². The topological polar surface area (TPSA) is 348 Å². The SMILES string of the molecule is COc1ccc(C(=O)N2CCC3(CCN(CCc4ccc(-c5cc6c(-c7cc(F)cc(NC(=O)c8ccc(C(C)(C)OC(=O)CNC(=O)CCOCCOCCOCCOCCOCCOCCOCCOCCOCCOCCOCCOCCNC(C)=O)cc8F)c7C)ncnc6[nH]5)cc4)CC3)CC2)cc1N1CCC(=O)NC1=O. The maximum absolute atomic E-state index is 15.9. The van der Waals surface area contributed by atoms with Crippen LogP contribution in [0.25, 0.3) is 33.5 Å². The molecule has 3 saturated heterocycles. The Labute approximate surface area is 675 Å². The standard InChI is InChI=1S/C83H112F2N10O21/c1-59-67(77-68-56-71(90-78(68)89-58-88-77)62-8-6-61(7-9-62)14-22-93-24-17-83(18-25-93)19-26-94(27-20-83)80(101)63-10-13-73(103-5)72(52-63)95-23-15-75(98)92-81(95)102)54-65(84)55-70(59)91-79(100)66-12-11-64(53-69(66)85)82(3,4)116-76(99)57-87-74(97)16-28-104-30-32-106-34-36-108-38-40-110-42-44-112-46-48-114-50-51-115-49-47-113-45-43-111-41-39-109-37-35-107-33-31-105-29-21-86-60(2)96/h6-13,52-56,58H,14-51,57H2,1-5H3,(H,86,96)(H,87,97)(H,91,100)(H,88,89,90)(H,92,98,102). The zero-order chi connectivity index (χ0) is 82.3. The molecule has 116 heavy (non-hydrogen) atoms. The Hall–Kier alpha value is -9.07. The van der Waals surface area contributed by atoms with E-state index in [2.05, 4.69) is 65.4 Å². The number of fused-ring (bicyclic) bond motifs is 1. The number of carbonyl (C=O) groups is 7. The molecule has 3 aliphatic rings. The van der Waals surface area contributed by atoms with Gasteiger partial charge in [-0.05, 0) is 142 Å². The number of methoxy groups -OCH3 is 1. The predicted molar refractivity (Wildman–Crippen MR) is 425 cm³/mol. The van der Waals surface area contributed by atoms with E-state index in [0.717, 1.165) is 75.1 Å². The Morgan fingerprint density at radius 3 is 1.68 bits per heavy atom. The molecular formula is C83H112F2N10O21. The molecule has 0 saturated carbocycles. The maximum atomic E-state index is 15.9. The Kier molecular flexibility index (Phi) is 38.1. The Morgan fingerprint density at radius 1 is 0.603 bits per heavy atom. The number of esters is 1. The fourth-order valence-electron chi connectivity index (χ4n) is 13.3. The summed E-state index contributed by atoms with van der Waals surface area (Å²) in [5, 5.41) is 10.8. The quantitative estimate of drug-likeness (QED) is 0.0180. The highest BCUT2D eigenvalue weighted by molar-refractivity contribution is 6.08. The minimum atomic E-state index is -1.38. The molecule has 7 amide bonds. The third-order valence-corrected chi connectivity index (χ3v) is 20.0. The monoisotopic (exact) mass is 1620 g/mol. The molecule has 0 radical (unpaired) electrons. The van der Waals surface area contributed by atoms with Gasteiger partial charge in [0.05, 0.1) is 183 Å². The number of nitrogens with one attached hydrogen (secondary N) is 5. The summed E-state index contributed by atoms with van der Waals surface area (Å²) in [6.45, 7) is 20.4. The second kappa shape index (κ2) is 48.6. The van der Waals surface area contributed by atoms with Crippen LogP contribution in [0, 0.1) is 24.0 Å². The van der Waals surface area contributed by atoms with E-state index in [0.29, 0.717) is 203 Å². The van der Waals surface area contributed by atoms with Crippen LogP contribution in [0.1, 0.15) is 96.7 Å². The van der Waals surface area contributed by atoms with Gasteiger partial charge in [0.2, 0.25) is 17.7 Å². The number of imide groups is 1. The largest absolute Gasteiger partial charge is 0.495 e. The number of aromatic amines is 1. The fraction of sp³-hybridized carbons (Fsp3) is 0.554. The second-order valence-corrected chi connectivity index (χ2v) is 28.5. The van der Waals surface area contributed by atoms with Gasteiger partial charge in [-0.15, -0.1) is 0 Å². The lowest BCUT2D eigenvalue weighted by molar-refractivity contribution is -0.157. The van der Waals surface area contributed by atoms with E-state index in [1.807, 2.05) is 11.0 Å². The second-order valence-electron chi connectivity index (χ2n) is 28.5. The van der Waals surface area contributed by atoms with Crippen LogP contribution >= 0.6 is 0 Å². The molecule has 31 nitrogen and oxygen atoms in total. The van der Waals surface area contributed by atoms with Crippen molar-refractivity contribution < 1.29 is 109 Å². The number of nitrogens with zero attached hydrogens (tertiary/aromatic N) is 5. The molecule has 4 aromatic carbocycles.